The highest BCUT2D eigenvalue weighted by atomic mass is 35.5. The summed E-state index contributed by atoms with van der Waals surface area (Å²) in [6.07, 6.45) is 1.78. The maximum atomic E-state index is 12.0. The van der Waals surface area contributed by atoms with Crippen molar-refractivity contribution >= 4 is 23.4 Å². The zero-order valence-corrected chi connectivity index (χ0v) is 11.5. The molecule has 0 atom stereocenters. The van der Waals surface area contributed by atoms with Gasteiger partial charge in [-0.1, -0.05) is 11.6 Å². The lowest BCUT2D eigenvalue weighted by molar-refractivity contribution is 0.0736. The number of aromatic nitrogens is 1. The average Bonchev–Trinajstić information content (AvgIpc) is 2.74. The van der Waals surface area contributed by atoms with Crippen LogP contribution in [0.15, 0.2) is 36.5 Å². The summed E-state index contributed by atoms with van der Waals surface area (Å²) in [5, 5.41) is 0.588. The van der Waals surface area contributed by atoms with Crippen molar-refractivity contribution < 1.29 is 9.53 Å². The molecule has 2 N–H and O–H groups in total. The smallest absolute Gasteiger partial charge is 0.347 e. The first kappa shape index (κ1) is 13.5. The number of hydrogen-bond acceptors (Lipinski definition) is 3. The number of nitrogen functional groups attached to an aromatic ring is 1. The summed E-state index contributed by atoms with van der Waals surface area (Å²) in [7, 11) is 0. The maximum absolute atomic E-state index is 12.0. The van der Waals surface area contributed by atoms with Crippen LogP contribution in [0.5, 0.6) is 5.75 Å². The van der Waals surface area contributed by atoms with E-state index in [1.807, 2.05) is 18.4 Å². The van der Waals surface area contributed by atoms with Crippen LogP contribution in [0, 0.1) is 0 Å². The monoisotopic (exact) mass is 278 g/mol. The van der Waals surface area contributed by atoms with E-state index in [9.17, 15) is 4.79 Å². The first-order valence-corrected chi connectivity index (χ1v) is 6.31. The fourth-order valence-corrected chi connectivity index (χ4v) is 1.87. The Bertz CT molecular complexity index is 588. The third-order valence-electron chi connectivity index (χ3n) is 2.76. The standard InChI is InChI=1S/C14H15ClN2O2/c1-9(2)17-8-7-12(13(17)16)14(18)19-11-5-3-10(15)4-6-11/h3-9H,16H2,1-2H3. The summed E-state index contributed by atoms with van der Waals surface area (Å²) in [6, 6.07) is 8.44. The lowest BCUT2D eigenvalue weighted by Crippen LogP contribution is -2.12. The van der Waals surface area contributed by atoms with Crippen LogP contribution in [0.1, 0.15) is 30.2 Å². The molecule has 1 aromatic heterocycles. The molecule has 0 saturated heterocycles. The largest absolute Gasteiger partial charge is 0.423 e. The van der Waals surface area contributed by atoms with Gasteiger partial charge in [0.15, 0.2) is 0 Å². The van der Waals surface area contributed by atoms with Crippen LogP contribution >= 0.6 is 11.6 Å². The normalized spacial score (nSPS) is 10.7. The molecular weight excluding hydrogens is 264 g/mol. The van der Waals surface area contributed by atoms with Crippen LogP contribution in [0.3, 0.4) is 0 Å². The molecule has 4 nitrogen and oxygen atoms in total. The first-order valence-electron chi connectivity index (χ1n) is 5.93. The second-order valence-electron chi connectivity index (χ2n) is 4.46. The Kier molecular flexibility index (Phi) is 3.81. The van der Waals surface area contributed by atoms with Gasteiger partial charge < -0.3 is 15.0 Å². The summed E-state index contributed by atoms with van der Waals surface area (Å²) in [6.45, 7) is 3.98. The third kappa shape index (κ3) is 2.90. The van der Waals surface area contributed by atoms with Gasteiger partial charge in [-0.25, -0.2) is 4.79 Å². The topological polar surface area (TPSA) is 57.2 Å². The maximum Gasteiger partial charge on any atom is 0.347 e. The molecule has 2 aromatic rings. The van der Waals surface area contributed by atoms with Crippen molar-refractivity contribution in [2.24, 2.45) is 0 Å². The van der Waals surface area contributed by atoms with E-state index in [-0.39, 0.29) is 6.04 Å². The summed E-state index contributed by atoms with van der Waals surface area (Å²) in [4.78, 5) is 12.0. The number of hydrogen-bond donors (Lipinski definition) is 1. The predicted octanol–water partition coefficient (Wildman–Crippen LogP) is 3.52. The van der Waals surface area contributed by atoms with E-state index in [1.165, 1.54) is 0 Å². The zero-order valence-electron chi connectivity index (χ0n) is 10.8. The number of halogens is 1. The fraction of sp³-hybridized carbons (Fsp3) is 0.214. The molecule has 0 radical (unpaired) electrons. The van der Waals surface area contributed by atoms with Gasteiger partial charge in [0.2, 0.25) is 0 Å². The molecule has 1 heterocycles. The van der Waals surface area contributed by atoms with E-state index in [2.05, 4.69) is 0 Å². The van der Waals surface area contributed by atoms with Crippen LogP contribution in [0.25, 0.3) is 0 Å². The van der Waals surface area contributed by atoms with Gasteiger partial charge in [-0.05, 0) is 44.2 Å². The molecule has 0 aliphatic rings. The van der Waals surface area contributed by atoms with Crippen molar-refractivity contribution in [2.45, 2.75) is 19.9 Å². The number of rotatable bonds is 3. The van der Waals surface area contributed by atoms with Crippen molar-refractivity contribution in [3.8, 4) is 5.75 Å². The molecule has 0 amide bonds. The molecule has 0 unspecified atom stereocenters. The van der Waals surface area contributed by atoms with Crippen molar-refractivity contribution in [3.63, 3.8) is 0 Å². The van der Waals surface area contributed by atoms with Crippen LogP contribution in [-0.2, 0) is 0 Å². The number of anilines is 1. The lowest BCUT2D eigenvalue weighted by Gasteiger charge is -2.10. The highest BCUT2D eigenvalue weighted by Gasteiger charge is 2.17. The third-order valence-corrected chi connectivity index (χ3v) is 3.01. The molecule has 2 rings (SSSR count). The van der Waals surface area contributed by atoms with Crippen LogP contribution in [-0.4, -0.2) is 10.5 Å². The minimum absolute atomic E-state index is 0.192. The van der Waals surface area contributed by atoms with Gasteiger partial charge >= 0.3 is 5.97 Å². The van der Waals surface area contributed by atoms with Crippen molar-refractivity contribution in [2.75, 3.05) is 5.73 Å². The first-order chi connectivity index (χ1) is 8.99. The van der Waals surface area contributed by atoms with Gasteiger partial charge in [-0.3, -0.25) is 0 Å². The Morgan fingerprint density at radius 1 is 1.26 bits per heavy atom. The molecule has 1 aromatic carbocycles. The number of nitrogens with zero attached hydrogens (tertiary/aromatic N) is 1. The van der Waals surface area contributed by atoms with E-state index in [1.54, 1.807) is 36.5 Å². The van der Waals surface area contributed by atoms with E-state index >= 15 is 0 Å². The summed E-state index contributed by atoms with van der Waals surface area (Å²) >= 11 is 5.76. The Hall–Kier alpha value is -1.94. The Labute approximate surface area is 116 Å². The second-order valence-corrected chi connectivity index (χ2v) is 4.90. The lowest BCUT2D eigenvalue weighted by atomic mass is 10.3. The molecule has 0 saturated carbocycles. The number of ether oxygens (including phenoxy) is 1. The van der Waals surface area contributed by atoms with Gasteiger partial charge in [0.25, 0.3) is 0 Å². The molecule has 0 aliphatic heterocycles. The summed E-state index contributed by atoms with van der Waals surface area (Å²) in [5.74, 6) is 0.374. The van der Waals surface area contributed by atoms with Gasteiger partial charge in [0.1, 0.15) is 17.1 Å². The summed E-state index contributed by atoms with van der Waals surface area (Å²) < 4.78 is 7.06. The predicted molar refractivity (Wildman–Crippen MR) is 75.6 cm³/mol. The molecule has 0 fully saturated rings. The highest BCUT2D eigenvalue weighted by Crippen LogP contribution is 2.22. The minimum Gasteiger partial charge on any atom is -0.423 e. The number of esters is 1. The van der Waals surface area contributed by atoms with Crippen molar-refractivity contribution in [1.29, 1.82) is 0 Å². The van der Waals surface area contributed by atoms with E-state index < -0.39 is 5.97 Å². The van der Waals surface area contributed by atoms with Gasteiger partial charge in [0, 0.05) is 17.3 Å². The minimum atomic E-state index is -0.473. The fourth-order valence-electron chi connectivity index (χ4n) is 1.75. The zero-order chi connectivity index (χ0) is 14.0. The molecule has 0 aliphatic carbocycles. The average molecular weight is 279 g/mol. The molecule has 100 valence electrons. The van der Waals surface area contributed by atoms with Crippen molar-refractivity contribution in [1.82, 2.24) is 4.57 Å². The quantitative estimate of drug-likeness (QED) is 0.690. The van der Waals surface area contributed by atoms with E-state index in [4.69, 9.17) is 22.1 Å². The molecule has 19 heavy (non-hydrogen) atoms. The number of carbonyl (C=O) groups excluding carboxylic acids is 1. The molecule has 0 bridgehead atoms. The Morgan fingerprint density at radius 3 is 2.42 bits per heavy atom. The number of carbonyl (C=O) groups is 1. The van der Waals surface area contributed by atoms with Crippen LogP contribution in [0.2, 0.25) is 5.02 Å². The second kappa shape index (κ2) is 5.36. The summed E-state index contributed by atoms with van der Waals surface area (Å²) in [5.41, 5.74) is 6.29. The number of benzene rings is 1. The number of nitrogens with two attached hydrogens (primary N) is 1. The van der Waals surface area contributed by atoms with E-state index in [0.717, 1.165) is 0 Å². The van der Waals surface area contributed by atoms with E-state index in [0.29, 0.717) is 22.2 Å². The molecular formula is C14H15ClN2O2. The molecule has 0 spiro atoms. The van der Waals surface area contributed by atoms with Gasteiger partial charge in [-0.15, -0.1) is 0 Å². The Balaban J connectivity index is 2.18. The highest BCUT2D eigenvalue weighted by molar-refractivity contribution is 6.30. The van der Waals surface area contributed by atoms with Gasteiger partial charge in [0.05, 0.1) is 0 Å². The molecule has 5 heteroatoms. The van der Waals surface area contributed by atoms with Crippen LogP contribution < -0.4 is 10.5 Å². The van der Waals surface area contributed by atoms with Crippen LogP contribution in [0.4, 0.5) is 5.82 Å². The van der Waals surface area contributed by atoms with Crippen molar-refractivity contribution in [3.05, 3.63) is 47.1 Å². The SMILES string of the molecule is CC(C)n1ccc(C(=O)Oc2ccc(Cl)cc2)c1N. The van der Waals surface area contributed by atoms with Gasteiger partial charge in [-0.2, -0.15) is 0 Å². The Morgan fingerprint density at radius 2 is 1.89 bits per heavy atom.